The Morgan fingerprint density at radius 1 is 0.526 bits per heavy atom. The minimum absolute atomic E-state index is 0.228. The van der Waals surface area contributed by atoms with Crippen molar-refractivity contribution in [1.82, 2.24) is 0 Å². The van der Waals surface area contributed by atoms with Crippen LogP contribution in [0.15, 0.2) is 0 Å². The number of carbonyl (C=O) groups excluding carboxylic acids is 2. The number of carboxylic acid groups (broad SMARTS) is 1. The molecule has 0 aromatic heterocycles. The number of Topliss-reactive ketones (excluding diaryl/α,β-unsaturated/α-hetero) is 1. The number of carboxylic acids is 1. The van der Waals surface area contributed by atoms with Gasteiger partial charge in [0.15, 0.2) is 0 Å². The van der Waals surface area contributed by atoms with Crippen LogP contribution in [-0.4, -0.2) is 23.1 Å². The van der Waals surface area contributed by atoms with Gasteiger partial charge < -0.3 is 5.11 Å². The summed E-state index contributed by atoms with van der Waals surface area (Å²) in [6.45, 7) is 4.49. The molecule has 0 fully saturated rings. The first-order valence-corrected chi connectivity index (χ1v) is 16.7. The summed E-state index contributed by atoms with van der Waals surface area (Å²) in [6.07, 6.45) is 33.2. The predicted molar refractivity (Wildman–Crippen MR) is 161 cm³/mol. The van der Waals surface area contributed by atoms with E-state index >= 15 is 0 Å². The summed E-state index contributed by atoms with van der Waals surface area (Å²) >= 11 is 0. The van der Waals surface area contributed by atoms with E-state index in [2.05, 4.69) is 13.8 Å². The maximum atomic E-state index is 12.6. The molecule has 0 aliphatic carbocycles. The second kappa shape index (κ2) is 28.8. The molecule has 1 radical (unpaired) electrons. The van der Waals surface area contributed by atoms with Crippen LogP contribution >= 0.6 is 0 Å². The number of aliphatic carboxylic acids is 1. The van der Waals surface area contributed by atoms with E-state index < -0.39 is 17.8 Å². The summed E-state index contributed by atoms with van der Waals surface area (Å²) in [5.41, 5.74) is 0. The Kier molecular flexibility index (Phi) is 27.9. The van der Waals surface area contributed by atoms with Crippen molar-refractivity contribution in [3.8, 4) is 0 Å². The van der Waals surface area contributed by atoms with Crippen LogP contribution < -0.4 is 0 Å². The molecule has 223 valence electrons. The first-order chi connectivity index (χ1) is 18.6. The predicted octanol–water partition coefficient (Wildman–Crippen LogP) is 10.6. The third-order valence-corrected chi connectivity index (χ3v) is 8.09. The number of hydrogen-bond acceptors (Lipinski definition) is 3. The van der Waals surface area contributed by atoms with Gasteiger partial charge in [-0.1, -0.05) is 168 Å². The van der Waals surface area contributed by atoms with E-state index in [0.717, 1.165) is 38.5 Å². The molecule has 0 spiro atoms. The van der Waals surface area contributed by atoms with E-state index in [1.165, 1.54) is 122 Å². The Morgan fingerprint density at radius 2 is 0.842 bits per heavy atom. The molecule has 0 amide bonds. The molecule has 0 saturated carbocycles. The molecular weight excluding hydrogens is 472 g/mol. The van der Waals surface area contributed by atoms with Crippen LogP contribution in [-0.2, 0) is 14.4 Å². The van der Waals surface area contributed by atoms with Crippen LogP contribution in [0, 0.1) is 11.8 Å². The maximum Gasteiger partial charge on any atom is 0.307 e. The van der Waals surface area contributed by atoms with Crippen LogP contribution in [0.25, 0.3) is 0 Å². The number of carbonyl (C=O) groups is 2. The van der Waals surface area contributed by atoms with Gasteiger partial charge in [0.2, 0.25) is 6.29 Å². The highest BCUT2D eigenvalue weighted by atomic mass is 16.4. The standard InChI is InChI=1S/C34H63O4/c1-3-5-7-9-11-13-15-16-17-18-19-21-23-25-27-29-33(36)32(30-35)31(34(37)38)28-26-24-22-20-14-12-10-8-6-4-2/h31-32H,3-29H2,1-2H3,(H,37,38). The summed E-state index contributed by atoms with van der Waals surface area (Å²) in [5.74, 6) is -3.27. The molecule has 0 aromatic carbocycles. The van der Waals surface area contributed by atoms with Crippen LogP contribution in [0.1, 0.15) is 187 Å². The monoisotopic (exact) mass is 535 g/mol. The first kappa shape index (κ1) is 36.8. The van der Waals surface area contributed by atoms with Gasteiger partial charge in [-0.25, -0.2) is 0 Å². The van der Waals surface area contributed by atoms with E-state index in [9.17, 15) is 19.5 Å². The Balaban J connectivity index is 3.83. The van der Waals surface area contributed by atoms with E-state index in [-0.39, 0.29) is 5.78 Å². The molecule has 0 rings (SSSR count). The molecule has 0 aliphatic heterocycles. The Labute approximate surface area is 236 Å². The molecule has 1 N–H and O–H groups in total. The van der Waals surface area contributed by atoms with Crippen LogP contribution in [0.4, 0.5) is 0 Å². The highest BCUT2D eigenvalue weighted by Crippen LogP contribution is 2.23. The average molecular weight is 536 g/mol. The fourth-order valence-electron chi connectivity index (χ4n) is 5.48. The van der Waals surface area contributed by atoms with E-state index in [1.54, 1.807) is 6.29 Å². The zero-order valence-corrected chi connectivity index (χ0v) is 25.4. The minimum atomic E-state index is -1.10. The lowest BCUT2D eigenvalue weighted by atomic mass is 9.84. The minimum Gasteiger partial charge on any atom is -0.481 e. The lowest BCUT2D eigenvalue weighted by molar-refractivity contribution is -0.145. The Morgan fingerprint density at radius 3 is 1.16 bits per heavy atom. The second-order valence-corrected chi connectivity index (χ2v) is 11.7. The third kappa shape index (κ3) is 22.8. The Hall–Kier alpha value is -1.19. The van der Waals surface area contributed by atoms with Crippen molar-refractivity contribution in [1.29, 1.82) is 0 Å². The zero-order valence-electron chi connectivity index (χ0n) is 25.4. The van der Waals surface area contributed by atoms with Gasteiger partial charge in [-0.2, -0.15) is 0 Å². The number of unbranched alkanes of at least 4 members (excludes halogenated alkanes) is 23. The van der Waals surface area contributed by atoms with Crippen molar-refractivity contribution in [2.45, 2.75) is 187 Å². The quantitative estimate of drug-likeness (QED) is 0.0707. The SMILES string of the molecule is CCCCCCCCCCCCCCCCCC(=O)C([C]=O)C(CCCCCCCCCCCC)C(=O)O. The molecule has 4 heteroatoms. The van der Waals surface area contributed by atoms with Crippen molar-refractivity contribution < 1.29 is 19.5 Å². The van der Waals surface area contributed by atoms with Crippen molar-refractivity contribution in [2.75, 3.05) is 0 Å². The molecule has 0 bridgehead atoms. The van der Waals surface area contributed by atoms with Crippen molar-refractivity contribution >= 4 is 18.0 Å². The van der Waals surface area contributed by atoms with E-state index in [1.807, 2.05) is 0 Å². The zero-order chi connectivity index (χ0) is 28.1. The largest absolute Gasteiger partial charge is 0.481 e. The van der Waals surface area contributed by atoms with Gasteiger partial charge in [0.25, 0.3) is 0 Å². The van der Waals surface area contributed by atoms with E-state index in [0.29, 0.717) is 12.8 Å². The van der Waals surface area contributed by atoms with Gasteiger partial charge in [-0.05, 0) is 12.8 Å². The Bertz CT molecular complexity index is 545. The number of hydrogen-bond donors (Lipinski definition) is 1. The van der Waals surface area contributed by atoms with Gasteiger partial charge in [-0.15, -0.1) is 0 Å². The molecule has 0 heterocycles. The third-order valence-electron chi connectivity index (χ3n) is 8.09. The molecule has 0 saturated heterocycles. The number of rotatable bonds is 31. The van der Waals surface area contributed by atoms with Crippen molar-refractivity contribution in [2.24, 2.45) is 11.8 Å². The van der Waals surface area contributed by atoms with Crippen molar-refractivity contribution in [3.63, 3.8) is 0 Å². The van der Waals surface area contributed by atoms with Gasteiger partial charge in [-0.3, -0.25) is 14.4 Å². The summed E-state index contributed by atoms with van der Waals surface area (Å²) in [5, 5.41) is 9.64. The molecule has 38 heavy (non-hydrogen) atoms. The van der Waals surface area contributed by atoms with Gasteiger partial charge in [0, 0.05) is 6.42 Å². The fourth-order valence-corrected chi connectivity index (χ4v) is 5.48. The van der Waals surface area contributed by atoms with Gasteiger partial charge in [0.05, 0.1) is 11.8 Å². The molecule has 0 aliphatic rings. The normalized spacial score (nSPS) is 12.9. The lowest BCUT2D eigenvalue weighted by Crippen LogP contribution is -2.31. The summed E-state index contributed by atoms with van der Waals surface area (Å²) < 4.78 is 0. The molecule has 2 atom stereocenters. The van der Waals surface area contributed by atoms with Gasteiger partial charge in [0.1, 0.15) is 5.78 Å². The van der Waals surface area contributed by atoms with Crippen LogP contribution in [0.3, 0.4) is 0 Å². The lowest BCUT2D eigenvalue weighted by Gasteiger charge is -2.17. The second-order valence-electron chi connectivity index (χ2n) is 11.7. The summed E-state index contributed by atoms with van der Waals surface area (Å²) in [4.78, 5) is 35.9. The molecule has 2 unspecified atom stereocenters. The highest BCUT2D eigenvalue weighted by molar-refractivity contribution is 5.97. The van der Waals surface area contributed by atoms with Crippen LogP contribution in [0.2, 0.25) is 0 Å². The maximum absolute atomic E-state index is 12.6. The smallest absolute Gasteiger partial charge is 0.307 e. The topological polar surface area (TPSA) is 71.4 Å². The first-order valence-electron chi connectivity index (χ1n) is 16.7. The van der Waals surface area contributed by atoms with Gasteiger partial charge >= 0.3 is 5.97 Å². The summed E-state index contributed by atoms with van der Waals surface area (Å²) in [6, 6.07) is 0. The molecule has 0 aromatic rings. The van der Waals surface area contributed by atoms with Crippen molar-refractivity contribution in [3.05, 3.63) is 0 Å². The highest BCUT2D eigenvalue weighted by Gasteiger charge is 2.33. The van der Waals surface area contributed by atoms with Crippen LogP contribution in [0.5, 0.6) is 0 Å². The average Bonchev–Trinajstić information content (AvgIpc) is 2.91. The van der Waals surface area contributed by atoms with E-state index in [4.69, 9.17) is 0 Å². The molecule has 4 nitrogen and oxygen atoms in total. The number of ketones is 1. The molecular formula is C34H63O4. The fraction of sp³-hybridized carbons (Fsp3) is 0.912. The summed E-state index contributed by atoms with van der Waals surface area (Å²) in [7, 11) is 0.